The number of Topliss-reactive ketones (excluding diaryl/α,β-unsaturated/α-hetero) is 3. The Morgan fingerprint density at radius 1 is 1.07 bits per heavy atom. The summed E-state index contributed by atoms with van der Waals surface area (Å²) in [5.74, 6) is -4.63. The van der Waals surface area contributed by atoms with Crippen molar-refractivity contribution in [3.8, 4) is 5.75 Å². The van der Waals surface area contributed by atoms with Crippen LogP contribution in [0.2, 0.25) is 0 Å². The number of phenols is 1. The van der Waals surface area contributed by atoms with Crippen molar-refractivity contribution in [3.05, 3.63) is 52.3 Å². The molecule has 0 bridgehead atoms. The maximum atomic E-state index is 14.4. The molecule has 0 heterocycles. The highest BCUT2D eigenvalue weighted by molar-refractivity contribution is 6.24. The second-order valence-corrected chi connectivity index (χ2v) is 13.8. The molecule has 0 aliphatic heterocycles. The highest BCUT2D eigenvalue weighted by Gasteiger charge is 2.72. The number of carbonyl (C=O) groups is 3. The molecule has 0 spiro atoms. The van der Waals surface area contributed by atoms with E-state index in [1.54, 1.807) is 20.8 Å². The highest BCUT2D eigenvalue weighted by Crippen LogP contribution is 2.65. The Kier molecular flexibility index (Phi) is 6.92. The molecule has 0 saturated heterocycles. The first-order valence-corrected chi connectivity index (χ1v) is 14.8. The maximum Gasteiger partial charge on any atom is 0.203 e. The van der Waals surface area contributed by atoms with Gasteiger partial charge in [0.15, 0.2) is 17.2 Å². The monoisotopic (exact) mass is 562 g/mol. The predicted molar refractivity (Wildman–Crippen MR) is 156 cm³/mol. The van der Waals surface area contributed by atoms with E-state index >= 15 is 0 Å². The van der Waals surface area contributed by atoms with Crippen LogP contribution in [0.1, 0.15) is 96.3 Å². The molecule has 0 aromatic heterocycles. The molecule has 5 rings (SSSR count). The van der Waals surface area contributed by atoms with Gasteiger partial charge in [-0.1, -0.05) is 72.4 Å². The second kappa shape index (κ2) is 9.69. The van der Waals surface area contributed by atoms with E-state index in [9.17, 15) is 34.8 Å². The first-order valence-electron chi connectivity index (χ1n) is 14.8. The molecule has 220 valence electrons. The highest BCUT2D eigenvalue weighted by atomic mass is 16.3. The van der Waals surface area contributed by atoms with Gasteiger partial charge in [0, 0.05) is 22.3 Å². The zero-order valence-electron chi connectivity index (χ0n) is 24.8. The normalized spacial score (nSPS) is 32.1. The van der Waals surface area contributed by atoms with Gasteiger partial charge in [-0.3, -0.25) is 14.4 Å². The minimum Gasteiger partial charge on any atom is -0.508 e. The van der Waals surface area contributed by atoms with Crippen molar-refractivity contribution in [2.24, 2.45) is 28.6 Å². The molecular formula is C34H42O7. The Morgan fingerprint density at radius 3 is 2.29 bits per heavy atom. The fourth-order valence-corrected chi connectivity index (χ4v) is 8.90. The lowest BCUT2D eigenvalue weighted by Crippen LogP contribution is -2.69. The van der Waals surface area contributed by atoms with Crippen molar-refractivity contribution in [1.29, 1.82) is 0 Å². The second-order valence-electron chi connectivity index (χ2n) is 13.8. The van der Waals surface area contributed by atoms with Gasteiger partial charge >= 0.3 is 0 Å². The van der Waals surface area contributed by atoms with Crippen molar-refractivity contribution >= 4 is 28.7 Å². The van der Waals surface area contributed by atoms with Crippen LogP contribution in [0.25, 0.3) is 11.3 Å². The minimum atomic E-state index is -2.60. The summed E-state index contributed by atoms with van der Waals surface area (Å²) in [6.07, 6.45) is 7.06. The van der Waals surface area contributed by atoms with Gasteiger partial charge in [-0.15, -0.1) is 0 Å². The van der Waals surface area contributed by atoms with Crippen LogP contribution in [0.5, 0.6) is 5.75 Å². The number of ketones is 3. The van der Waals surface area contributed by atoms with Crippen LogP contribution in [0.3, 0.4) is 0 Å². The van der Waals surface area contributed by atoms with Crippen molar-refractivity contribution in [2.45, 2.75) is 91.6 Å². The molecule has 41 heavy (non-hydrogen) atoms. The number of carbonyl (C=O) groups excluding carboxylic acids is 3. The van der Waals surface area contributed by atoms with Crippen molar-refractivity contribution in [2.75, 3.05) is 0 Å². The first-order chi connectivity index (χ1) is 19.1. The maximum absolute atomic E-state index is 14.4. The molecule has 4 N–H and O–H groups in total. The van der Waals surface area contributed by atoms with Crippen LogP contribution in [-0.4, -0.2) is 43.4 Å². The van der Waals surface area contributed by atoms with E-state index in [-0.39, 0.29) is 35.6 Å². The molecule has 4 aliphatic rings. The Balaban J connectivity index is 1.71. The number of rotatable bonds is 5. The number of aliphatic hydroxyl groups excluding tert-OH is 2. The average molecular weight is 563 g/mol. The van der Waals surface area contributed by atoms with Crippen LogP contribution >= 0.6 is 0 Å². The van der Waals surface area contributed by atoms with Gasteiger partial charge in [-0.25, -0.2) is 0 Å². The molecule has 0 amide bonds. The van der Waals surface area contributed by atoms with Gasteiger partial charge in [0.25, 0.3) is 0 Å². The third kappa shape index (κ3) is 3.98. The zero-order valence-corrected chi connectivity index (χ0v) is 24.8. The number of aliphatic hydroxyl groups is 3. The first kappa shape index (κ1) is 29.3. The van der Waals surface area contributed by atoms with Crippen LogP contribution in [-0.2, 0) is 20.8 Å². The molecular weight excluding hydrogens is 520 g/mol. The minimum absolute atomic E-state index is 0.0785. The van der Waals surface area contributed by atoms with Gasteiger partial charge in [-0.2, -0.15) is 0 Å². The quantitative estimate of drug-likeness (QED) is 0.315. The number of hydrogen-bond donors (Lipinski definition) is 4. The van der Waals surface area contributed by atoms with E-state index in [1.165, 1.54) is 25.3 Å². The summed E-state index contributed by atoms with van der Waals surface area (Å²) in [6, 6.07) is 3.31. The summed E-state index contributed by atoms with van der Waals surface area (Å²) < 4.78 is 0. The Bertz CT molecular complexity index is 1440. The topological polar surface area (TPSA) is 132 Å². The summed E-state index contributed by atoms with van der Waals surface area (Å²) in [6.45, 7) is 12.6. The van der Waals surface area contributed by atoms with Crippen LogP contribution in [0.4, 0.5) is 0 Å². The summed E-state index contributed by atoms with van der Waals surface area (Å²) in [4.78, 5) is 40.6. The molecule has 0 radical (unpaired) electrons. The largest absolute Gasteiger partial charge is 0.508 e. The number of aromatic hydroxyl groups is 1. The van der Waals surface area contributed by atoms with Gasteiger partial charge < -0.3 is 20.4 Å². The van der Waals surface area contributed by atoms with E-state index in [1.807, 2.05) is 13.0 Å². The van der Waals surface area contributed by atoms with Crippen LogP contribution < -0.4 is 0 Å². The lowest BCUT2D eigenvalue weighted by Gasteiger charge is -2.59. The molecule has 1 aromatic carbocycles. The smallest absolute Gasteiger partial charge is 0.203 e. The van der Waals surface area contributed by atoms with E-state index in [0.717, 1.165) is 37.3 Å². The SMILES string of the molecule is C=C(CC1CCCCC1)c1ccc(O)c2c1C[C@]1(C)C[C@]3(C)C(C(C)C)C(=O)C(C(C)=O)=C(O)[C@]3(O)C(=O)C1=C2O. The third-order valence-corrected chi connectivity index (χ3v) is 10.5. The predicted octanol–water partition coefficient (Wildman–Crippen LogP) is 6.17. The molecule has 7 heteroatoms. The van der Waals surface area contributed by atoms with Crippen molar-refractivity contribution in [1.82, 2.24) is 0 Å². The number of fused-ring (bicyclic) bond motifs is 3. The molecule has 1 unspecified atom stereocenters. The van der Waals surface area contributed by atoms with E-state index < -0.39 is 56.8 Å². The summed E-state index contributed by atoms with van der Waals surface area (Å²) in [5, 5.41) is 46.1. The standard InChI is InChI=1S/C34H42O7/c1-17(2)26-28(37)24(19(4)35)30(39)34(41)31(40)27-29(38)25-22(15-32(27,5)16-33(26,34)6)21(12-13-23(25)36)18(3)14-20-10-8-7-9-11-20/h12-13,17,20,26,36,38-39,41H,3,7-11,14-16H2,1-2,4-6H3/t26?,32-,33-,34+/m1/s1. The summed E-state index contributed by atoms with van der Waals surface area (Å²) in [5.41, 5.74) is -3.23. The van der Waals surface area contributed by atoms with E-state index in [2.05, 4.69) is 6.58 Å². The molecule has 2 saturated carbocycles. The Morgan fingerprint density at radius 2 is 1.71 bits per heavy atom. The molecule has 1 aromatic rings. The summed E-state index contributed by atoms with van der Waals surface area (Å²) >= 11 is 0. The van der Waals surface area contributed by atoms with Crippen molar-refractivity contribution < 1.29 is 34.8 Å². The van der Waals surface area contributed by atoms with E-state index in [0.29, 0.717) is 11.5 Å². The Hall–Kier alpha value is -3.19. The molecule has 4 aliphatic carbocycles. The van der Waals surface area contributed by atoms with Gasteiger partial charge in [-0.05, 0) is 60.8 Å². The van der Waals surface area contributed by atoms with E-state index in [4.69, 9.17) is 0 Å². The fourth-order valence-electron chi connectivity index (χ4n) is 8.90. The van der Waals surface area contributed by atoms with Crippen molar-refractivity contribution in [3.63, 3.8) is 0 Å². The molecule has 7 nitrogen and oxygen atoms in total. The van der Waals surface area contributed by atoms with Crippen LogP contribution in [0, 0.1) is 28.6 Å². The van der Waals surface area contributed by atoms with Gasteiger partial charge in [0.2, 0.25) is 5.78 Å². The number of allylic oxidation sites excluding steroid dienone is 2. The van der Waals surface area contributed by atoms with Gasteiger partial charge in [0.05, 0.1) is 5.56 Å². The Labute approximate surface area is 241 Å². The average Bonchev–Trinajstić information content (AvgIpc) is 2.86. The molecule has 4 atom stereocenters. The number of benzene rings is 1. The number of hydrogen-bond acceptors (Lipinski definition) is 7. The third-order valence-electron chi connectivity index (χ3n) is 10.5. The molecule has 2 fully saturated rings. The lowest BCUT2D eigenvalue weighted by atomic mass is 9.43. The van der Waals surface area contributed by atoms with Gasteiger partial charge in [0.1, 0.15) is 22.8 Å². The number of phenolic OH excluding ortho intramolecular Hbond substituents is 1. The summed E-state index contributed by atoms with van der Waals surface area (Å²) in [7, 11) is 0. The zero-order chi connectivity index (χ0) is 30.2. The fraction of sp³-hybridized carbons (Fsp3) is 0.559. The lowest BCUT2D eigenvalue weighted by molar-refractivity contribution is -0.178. The van der Waals surface area contributed by atoms with Crippen LogP contribution in [0.15, 0.2) is 35.6 Å².